The molecule has 2 rings (SSSR count). The van der Waals surface area contributed by atoms with E-state index in [1.54, 1.807) is 0 Å². The number of rotatable bonds is 6. The predicted molar refractivity (Wildman–Crippen MR) is 78.8 cm³/mol. The van der Waals surface area contributed by atoms with E-state index in [9.17, 15) is 0 Å². The van der Waals surface area contributed by atoms with Crippen molar-refractivity contribution in [2.45, 2.75) is 58.0 Å². The molecule has 2 unspecified atom stereocenters. The Hall–Kier alpha value is -0.340. The van der Waals surface area contributed by atoms with E-state index in [2.05, 4.69) is 30.6 Å². The van der Waals surface area contributed by atoms with Gasteiger partial charge >= 0.3 is 0 Å². The monoisotopic (exact) mass is 250 g/mol. The van der Waals surface area contributed by atoms with Crippen LogP contribution < -0.4 is 5.32 Å². The molecule has 0 aromatic rings. The van der Waals surface area contributed by atoms with Gasteiger partial charge in [-0.05, 0) is 57.9 Å². The molecule has 1 saturated carbocycles. The lowest BCUT2D eigenvalue weighted by atomic mass is 9.73. The Morgan fingerprint density at radius 2 is 1.94 bits per heavy atom. The van der Waals surface area contributed by atoms with Crippen molar-refractivity contribution in [1.29, 1.82) is 0 Å². The zero-order chi connectivity index (χ0) is 13.0. The summed E-state index contributed by atoms with van der Waals surface area (Å²) >= 11 is 0. The van der Waals surface area contributed by atoms with Crippen LogP contribution in [0.15, 0.2) is 12.7 Å². The molecule has 18 heavy (non-hydrogen) atoms. The molecule has 0 spiro atoms. The third-order valence-corrected chi connectivity index (χ3v) is 4.80. The zero-order valence-electron chi connectivity index (χ0n) is 12.2. The summed E-state index contributed by atoms with van der Waals surface area (Å²) in [6.45, 7) is 12.3. The van der Waals surface area contributed by atoms with Gasteiger partial charge in [-0.15, -0.1) is 6.58 Å². The number of piperidine rings is 1. The molecule has 1 saturated heterocycles. The molecule has 2 heteroatoms. The van der Waals surface area contributed by atoms with Crippen LogP contribution in [0, 0.1) is 11.8 Å². The Bertz CT molecular complexity index is 248. The van der Waals surface area contributed by atoms with Gasteiger partial charge in [-0.3, -0.25) is 0 Å². The quantitative estimate of drug-likeness (QED) is 0.576. The second kappa shape index (κ2) is 6.72. The fraction of sp³-hybridized carbons (Fsp3) is 0.875. The van der Waals surface area contributed by atoms with Gasteiger partial charge in [-0.2, -0.15) is 0 Å². The van der Waals surface area contributed by atoms with E-state index in [0.29, 0.717) is 0 Å². The summed E-state index contributed by atoms with van der Waals surface area (Å²) < 4.78 is 0. The molecule has 1 heterocycles. The molecular formula is C16H30N2. The summed E-state index contributed by atoms with van der Waals surface area (Å²) in [5, 5.41) is 3.84. The number of likely N-dealkylation sites (tertiary alicyclic amines) is 1. The Kier molecular flexibility index (Phi) is 5.25. The lowest BCUT2D eigenvalue weighted by Crippen LogP contribution is -2.58. The van der Waals surface area contributed by atoms with E-state index in [1.165, 1.54) is 45.3 Å². The van der Waals surface area contributed by atoms with Crippen molar-refractivity contribution < 1.29 is 0 Å². The second-order valence-corrected chi connectivity index (χ2v) is 6.41. The van der Waals surface area contributed by atoms with Gasteiger partial charge in [0.1, 0.15) is 0 Å². The van der Waals surface area contributed by atoms with Crippen LogP contribution in [-0.2, 0) is 0 Å². The average Bonchev–Trinajstić information content (AvgIpc) is 2.33. The first-order valence-corrected chi connectivity index (χ1v) is 7.80. The molecule has 104 valence electrons. The highest BCUT2D eigenvalue weighted by atomic mass is 15.2. The number of unbranched alkanes of at least 4 members (excludes halogenated alkanes) is 1. The Balaban J connectivity index is 1.85. The summed E-state index contributed by atoms with van der Waals surface area (Å²) in [5.74, 6) is 1.78. The summed E-state index contributed by atoms with van der Waals surface area (Å²) in [4.78, 5) is 2.69. The number of hydrogen-bond donors (Lipinski definition) is 1. The first-order chi connectivity index (χ1) is 8.72. The average molecular weight is 250 g/mol. The molecule has 2 aliphatic rings. The predicted octanol–water partition coefficient (Wildman–Crippen LogP) is 3.05. The van der Waals surface area contributed by atoms with Crippen molar-refractivity contribution in [3.8, 4) is 0 Å². The van der Waals surface area contributed by atoms with Crippen LogP contribution in [0.1, 0.15) is 46.0 Å². The SMILES string of the molecule is C=CCCCNC1C2CCCC1CN(C(C)C)C2. The van der Waals surface area contributed by atoms with Crippen LogP contribution in [0.4, 0.5) is 0 Å². The van der Waals surface area contributed by atoms with Gasteiger partial charge in [0.2, 0.25) is 0 Å². The van der Waals surface area contributed by atoms with E-state index in [4.69, 9.17) is 0 Å². The number of allylic oxidation sites excluding steroid dienone is 1. The largest absolute Gasteiger partial charge is 0.313 e. The maximum Gasteiger partial charge on any atom is 0.0148 e. The van der Waals surface area contributed by atoms with E-state index < -0.39 is 0 Å². The standard InChI is InChI=1S/C16H30N2/c1-4-5-6-10-17-16-14-8-7-9-15(16)12-18(11-14)13(2)3/h4,13-17H,1,5-12H2,2-3H3. The van der Waals surface area contributed by atoms with Crippen LogP contribution in [0.3, 0.4) is 0 Å². The van der Waals surface area contributed by atoms with E-state index >= 15 is 0 Å². The fourth-order valence-electron chi connectivity index (χ4n) is 3.74. The molecule has 0 radical (unpaired) electrons. The molecule has 0 amide bonds. The van der Waals surface area contributed by atoms with Crippen LogP contribution in [0.5, 0.6) is 0 Å². The normalized spacial score (nSPS) is 32.7. The van der Waals surface area contributed by atoms with Crippen LogP contribution in [0.25, 0.3) is 0 Å². The maximum atomic E-state index is 3.84. The molecule has 2 bridgehead atoms. The van der Waals surface area contributed by atoms with Crippen LogP contribution in [-0.4, -0.2) is 36.6 Å². The third-order valence-electron chi connectivity index (χ3n) is 4.80. The summed E-state index contributed by atoms with van der Waals surface area (Å²) in [6, 6.07) is 1.51. The van der Waals surface area contributed by atoms with Gasteiger partial charge in [0.05, 0.1) is 0 Å². The van der Waals surface area contributed by atoms with Gasteiger partial charge in [-0.1, -0.05) is 12.5 Å². The Morgan fingerprint density at radius 3 is 2.50 bits per heavy atom. The summed E-state index contributed by atoms with van der Waals surface area (Å²) in [7, 11) is 0. The van der Waals surface area contributed by atoms with Crippen molar-refractivity contribution in [1.82, 2.24) is 10.2 Å². The Labute approximate surface area is 113 Å². The lowest BCUT2D eigenvalue weighted by Gasteiger charge is -2.49. The minimum atomic E-state index is 0.717. The highest BCUT2D eigenvalue weighted by Gasteiger charge is 2.39. The summed E-state index contributed by atoms with van der Waals surface area (Å²) in [6.07, 6.45) is 8.73. The number of hydrogen-bond acceptors (Lipinski definition) is 2. The third kappa shape index (κ3) is 3.36. The van der Waals surface area contributed by atoms with E-state index in [0.717, 1.165) is 30.3 Å². The van der Waals surface area contributed by atoms with Crippen molar-refractivity contribution in [2.24, 2.45) is 11.8 Å². The molecule has 2 fully saturated rings. The minimum Gasteiger partial charge on any atom is -0.313 e. The van der Waals surface area contributed by atoms with Crippen LogP contribution in [0.2, 0.25) is 0 Å². The van der Waals surface area contributed by atoms with Crippen molar-refractivity contribution in [3.05, 3.63) is 12.7 Å². The van der Waals surface area contributed by atoms with E-state index in [1.807, 2.05) is 6.08 Å². The molecule has 1 aliphatic heterocycles. The molecule has 1 aliphatic carbocycles. The molecule has 2 atom stereocenters. The lowest BCUT2D eigenvalue weighted by molar-refractivity contribution is 0.0298. The van der Waals surface area contributed by atoms with Gasteiger partial charge < -0.3 is 10.2 Å². The number of nitrogens with zero attached hydrogens (tertiary/aromatic N) is 1. The van der Waals surface area contributed by atoms with Gasteiger partial charge in [-0.25, -0.2) is 0 Å². The first-order valence-electron chi connectivity index (χ1n) is 7.80. The molecule has 2 nitrogen and oxygen atoms in total. The molecule has 0 aromatic heterocycles. The van der Waals surface area contributed by atoms with E-state index in [-0.39, 0.29) is 0 Å². The Morgan fingerprint density at radius 1 is 1.28 bits per heavy atom. The smallest absolute Gasteiger partial charge is 0.0148 e. The second-order valence-electron chi connectivity index (χ2n) is 6.41. The number of fused-ring (bicyclic) bond motifs is 2. The zero-order valence-corrected chi connectivity index (χ0v) is 12.2. The number of nitrogens with one attached hydrogen (secondary N) is 1. The van der Waals surface area contributed by atoms with Gasteiger partial charge in [0, 0.05) is 25.2 Å². The first kappa shape index (κ1) is 14.1. The highest BCUT2D eigenvalue weighted by Crippen LogP contribution is 2.35. The van der Waals surface area contributed by atoms with Crippen molar-refractivity contribution in [2.75, 3.05) is 19.6 Å². The van der Waals surface area contributed by atoms with Gasteiger partial charge in [0.25, 0.3) is 0 Å². The van der Waals surface area contributed by atoms with Crippen LogP contribution >= 0.6 is 0 Å². The molecule has 1 N–H and O–H groups in total. The van der Waals surface area contributed by atoms with Crippen molar-refractivity contribution in [3.63, 3.8) is 0 Å². The fourth-order valence-corrected chi connectivity index (χ4v) is 3.74. The van der Waals surface area contributed by atoms with Crippen molar-refractivity contribution >= 4 is 0 Å². The minimum absolute atomic E-state index is 0.717. The topological polar surface area (TPSA) is 15.3 Å². The highest BCUT2D eigenvalue weighted by molar-refractivity contribution is 4.95. The van der Waals surface area contributed by atoms with Gasteiger partial charge in [0.15, 0.2) is 0 Å². The molecule has 0 aromatic carbocycles. The molecular weight excluding hydrogens is 220 g/mol. The summed E-state index contributed by atoms with van der Waals surface area (Å²) in [5.41, 5.74) is 0. The maximum absolute atomic E-state index is 3.84.